The summed E-state index contributed by atoms with van der Waals surface area (Å²) in [5, 5.41) is 11.4. The van der Waals surface area contributed by atoms with Crippen molar-refractivity contribution in [1.82, 2.24) is 24.4 Å². The molecule has 1 aliphatic heterocycles. The lowest BCUT2D eigenvalue weighted by Crippen LogP contribution is -2.53. The molecule has 10 heteroatoms. The van der Waals surface area contributed by atoms with Crippen LogP contribution < -0.4 is 15.8 Å². The number of nitrogens with one attached hydrogen (secondary N) is 2. The number of benzene rings is 2. The molecule has 1 fully saturated rings. The van der Waals surface area contributed by atoms with Crippen molar-refractivity contribution in [3.63, 3.8) is 0 Å². The first-order chi connectivity index (χ1) is 16.4. The quantitative estimate of drug-likeness (QED) is 0.274. The summed E-state index contributed by atoms with van der Waals surface area (Å²) >= 11 is 5.80. The van der Waals surface area contributed by atoms with Crippen molar-refractivity contribution in [3.05, 3.63) is 71.0 Å². The molecule has 3 heterocycles. The Morgan fingerprint density at radius 1 is 1.15 bits per heavy atom. The fourth-order valence-corrected chi connectivity index (χ4v) is 4.16. The number of guanidine groups is 1. The number of aryl methyl sites for hydroxylation is 1. The van der Waals surface area contributed by atoms with E-state index < -0.39 is 0 Å². The zero-order valence-electron chi connectivity index (χ0n) is 18.7. The second-order valence-electron chi connectivity index (χ2n) is 8.46. The van der Waals surface area contributed by atoms with E-state index in [1.807, 2.05) is 36.2 Å². The lowest BCUT2D eigenvalue weighted by atomic mass is 9.92. The third-order valence-electron chi connectivity index (χ3n) is 5.95. The van der Waals surface area contributed by atoms with Crippen LogP contribution in [-0.2, 0) is 20.0 Å². The van der Waals surface area contributed by atoms with Gasteiger partial charge < -0.3 is 25.3 Å². The molecule has 0 aliphatic carbocycles. The minimum atomic E-state index is 0.159. The predicted molar refractivity (Wildman–Crippen MR) is 132 cm³/mol. The SMILES string of the molecule is Cn1c(NCc2ccc(Oc3ncc(Cl)cn3)cc2)nc2ccc(CC3CN(C(=N)N)C3)cc21. The number of aromatic nitrogens is 4. The van der Waals surface area contributed by atoms with Gasteiger partial charge in [0.05, 0.1) is 28.4 Å². The summed E-state index contributed by atoms with van der Waals surface area (Å²) in [5.41, 5.74) is 9.96. The van der Waals surface area contributed by atoms with Gasteiger partial charge in [0.2, 0.25) is 5.95 Å². The molecule has 9 nitrogen and oxygen atoms in total. The number of nitrogens with two attached hydrogens (primary N) is 1. The number of anilines is 1. The molecule has 0 amide bonds. The fraction of sp³-hybridized carbons (Fsp3) is 0.250. The largest absolute Gasteiger partial charge is 0.424 e. The molecule has 0 spiro atoms. The van der Waals surface area contributed by atoms with E-state index in [0.717, 1.165) is 42.1 Å². The van der Waals surface area contributed by atoms with Crippen molar-refractivity contribution >= 4 is 34.5 Å². The van der Waals surface area contributed by atoms with Crippen LogP contribution in [0.25, 0.3) is 11.0 Å². The third-order valence-corrected chi connectivity index (χ3v) is 6.14. The van der Waals surface area contributed by atoms with Crippen LogP contribution in [0, 0.1) is 11.3 Å². The molecule has 174 valence electrons. The molecule has 0 unspecified atom stereocenters. The number of likely N-dealkylation sites (tertiary alicyclic amines) is 1. The molecule has 2 aromatic heterocycles. The Bertz CT molecular complexity index is 1310. The smallest absolute Gasteiger partial charge is 0.321 e. The van der Waals surface area contributed by atoms with Gasteiger partial charge in [0.25, 0.3) is 0 Å². The second kappa shape index (κ2) is 9.18. The second-order valence-corrected chi connectivity index (χ2v) is 8.90. The number of imidazole rings is 1. The molecular weight excluding hydrogens is 452 g/mol. The van der Waals surface area contributed by atoms with E-state index in [2.05, 4.69) is 38.1 Å². The van der Waals surface area contributed by atoms with Gasteiger partial charge in [-0.15, -0.1) is 0 Å². The van der Waals surface area contributed by atoms with Crippen LogP contribution in [0.1, 0.15) is 11.1 Å². The first-order valence-electron chi connectivity index (χ1n) is 11.0. The van der Waals surface area contributed by atoms with Gasteiger partial charge in [-0.3, -0.25) is 5.41 Å². The van der Waals surface area contributed by atoms with Crippen LogP contribution in [0.15, 0.2) is 54.9 Å². The maximum atomic E-state index is 7.49. The molecule has 0 bridgehead atoms. The summed E-state index contributed by atoms with van der Waals surface area (Å²) in [7, 11) is 2.02. The monoisotopic (exact) mass is 476 g/mol. The molecule has 0 saturated carbocycles. The highest BCUT2D eigenvalue weighted by Gasteiger charge is 2.27. The summed E-state index contributed by atoms with van der Waals surface area (Å²) in [4.78, 5) is 14.7. The Labute approximate surface area is 202 Å². The molecule has 4 aromatic rings. The minimum absolute atomic E-state index is 0.159. The van der Waals surface area contributed by atoms with Crippen molar-refractivity contribution in [2.45, 2.75) is 13.0 Å². The molecule has 4 N–H and O–H groups in total. The van der Waals surface area contributed by atoms with E-state index >= 15 is 0 Å². The van der Waals surface area contributed by atoms with Crippen LogP contribution in [0.5, 0.6) is 11.8 Å². The van der Waals surface area contributed by atoms with Gasteiger partial charge in [0.15, 0.2) is 5.96 Å². The number of hydrogen-bond donors (Lipinski definition) is 3. The summed E-state index contributed by atoms with van der Waals surface area (Å²) < 4.78 is 7.72. The van der Waals surface area contributed by atoms with E-state index in [9.17, 15) is 0 Å². The van der Waals surface area contributed by atoms with Crippen molar-refractivity contribution in [1.29, 1.82) is 5.41 Å². The van der Waals surface area contributed by atoms with Gasteiger partial charge in [-0.1, -0.05) is 29.8 Å². The summed E-state index contributed by atoms with van der Waals surface area (Å²) in [6.45, 7) is 2.33. The summed E-state index contributed by atoms with van der Waals surface area (Å²) in [6.07, 6.45) is 3.97. The van der Waals surface area contributed by atoms with Gasteiger partial charge in [0, 0.05) is 26.7 Å². The molecule has 0 atom stereocenters. The molecule has 1 saturated heterocycles. The Balaban J connectivity index is 1.20. The number of nitrogens with zero attached hydrogens (tertiary/aromatic N) is 5. The van der Waals surface area contributed by atoms with Gasteiger partial charge in [-0.05, 0) is 47.7 Å². The Morgan fingerprint density at radius 2 is 1.85 bits per heavy atom. The minimum Gasteiger partial charge on any atom is -0.424 e. The Hall–Kier alpha value is -3.85. The molecule has 2 aromatic carbocycles. The van der Waals surface area contributed by atoms with Crippen LogP contribution in [0.2, 0.25) is 5.02 Å². The van der Waals surface area contributed by atoms with E-state index in [4.69, 9.17) is 32.5 Å². The van der Waals surface area contributed by atoms with Crippen LogP contribution in [0.3, 0.4) is 0 Å². The zero-order chi connectivity index (χ0) is 23.7. The van der Waals surface area contributed by atoms with E-state index in [0.29, 0.717) is 23.2 Å². The summed E-state index contributed by atoms with van der Waals surface area (Å²) in [6, 6.07) is 14.4. The Kier molecular flexibility index (Phi) is 5.93. The van der Waals surface area contributed by atoms with Gasteiger partial charge in [-0.2, -0.15) is 0 Å². The van der Waals surface area contributed by atoms with E-state index in [1.165, 1.54) is 18.0 Å². The highest BCUT2D eigenvalue weighted by atomic mass is 35.5. The topological polar surface area (TPSA) is 118 Å². The zero-order valence-corrected chi connectivity index (χ0v) is 19.5. The lowest BCUT2D eigenvalue weighted by molar-refractivity contribution is 0.184. The highest BCUT2D eigenvalue weighted by molar-refractivity contribution is 6.30. The van der Waals surface area contributed by atoms with Crippen molar-refractivity contribution in [2.75, 3.05) is 18.4 Å². The first-order valence-corrected chi connectivity index (χ1v) is 11.3. The van der Waals surface area contributed by atoms with E-state index in [1.54, 1.807) is 0 Å². The van der Waals surface area contributed by atoms with Gasteiger partial charge >= 0.3 is 6.01 Å². The number of fused-ring (bicyclic) bond motifs is 1. The third kappa shape index (κ3) is 4.74. The van der Waals surface area contributed by atoms with Crippen LogP contribution in [-0.4, -0.2) is 43.5 Å². The van der Waals surface area contributed by atoms with Gasteiger partial charge in [-0.25, -0.2) is 15.0 Å². The highest BCUT2D eigenvalue weighted by Crippen LogP contribution is 2.25. The number of hydrogen-bond acceptors (Lipinski definition) is 6. The number of rotatable bonds is 7. The maximum absolute atomic E-state index is 7.49. The normalized spacial score (nSPS) is 13.6. The lowest BCUT2D eigenvalue weighted by Gasteiger charge is -2.39. The molecular formula is C24H25ClN8O. The standard InChI is InChI=1S/C24H25ClN8O/c1-32-21-9-16(8-17-13-33(14-17)22(26)27)4-7-20(21)31-23(32)28-10-15-2-5-19(6-3-15)34-24-29-11-18(25)12-30-24/h2-7,9,11-12,17H,8,10,13-14H2,1H3,(H3,26,27)(H,28,31). The average Bonchev–Trinajstić information content (AvgIpc) is 3.12. The molecule has 34 heavy (non-hydrogen) atoms. The average molecular weight is 477 g/mol. The van der Waals surface area contributed by atoms with Crippen molar-refractivity contribution in [3.8, 4) is 11.8 Å². The number of ether oxygens (including phenoxy) is 1. The summed E-state index contributed by atoms with van der Waals surface area (Å²) in [5.74, 6) is 2.16. The molecule has 1 aliphatic rings. The van der Waals surface area contributed by atoms with E-state index in [-0.39, 0.29) is 12.0 Å². The van der Waals surface area contributed by atoms with Crippen LogP contribution >= 0.6 is 11.6 Å². The van der Waals surface area contributed by atoms with Gasteiger partial charge in [0.1, 0.15) is 5.75 Å². The predicted octanol–water partition coefficient (Wildman–Crippen LogP) is 3.79. The maximum Gasteiger partial charge on any atom is 0.321 e. The molecule has 0 radical (unpaired) electrons. The van der Waals surface area contributed by atoms with Crippen LogP contribution in [0.4, 0.5) is 5.95 Å². The number of halogens is 1. The van der Waals surface area contributed by atoms with Crippen molar-refractivity contribution < 1.29 is 4.74 Å². The fourth-order valence-electron chi connectivity index (χ4n) is 4.06. The first kappa shape index (κ1) is 22.0. The van der Waals surface area contributed by atoms with Crippen molar-refractivity contribution in [2.24, 2.45) is 18.7 Å². The Morgan fingerprint density at radius 3 is 2.56 bits per heavy atom. The molecule has 5 rings (SSSR count).